The molecule has 0 aliphatic rings. The van der Waals surface area contributed by atoms with E-state index in [9.17, 15) is 4.79 Å². The van der Waals surface area contributed by atoms with Gasteiger partial charge in [-0.05, 0) is 0 Å². The Balaban J connectivity index is 3.44. The Morgan fingerprint density at radius 3 is 2.22 bits per heavy atom. The first kappa shape index (κ1) is 8.55. The highest BCUT2D eigenvalue weighted by molar-refractivity contribution is 5.50. The molecule has 0 unspecified atom stereocenters. The summed E-state index contributed by atoms with van der Waals surface area (Å²) in [6, 6.07) is 0. The molecule has 0 radical (unpaired) electrons. The van der Waals surface area contributed by atoms with Gasteiger partial charge in [0.25, 0.3) is 0 Å². The average Bonchev–Trinajstić information content (AvgIpc) is 1.87. The van der Waals surface area contributed by atoms with E-state index < -0.39 is 18.8 Å². The number of aldehydes is 1. The van der Waals surface area contributed by atoms with Gasteiger partial charge in [-0.2, -0.15) is 0 Å². The highest BCUT2D eigenvalue weighted by atomic mass is 16.4. The normalized spacial score (nSPS) is 16.8. The van der Waals surface area contributed by atoms with Crippen LogP contribution < -0.4 is 0 Å². The minimum atomic E-state index is -1.20. The van der Waals surface area contributed by atoms with Crippen LogP contribution in [0.25, 0.3) is 0 Å². The van der Waals surface area contributed by atoms with E-state index in [0.717, 1.165) is 0 Å². The highest BCUT2D eigenvalue weighted by Gasteiger charge is 2.13. The molecule has 0 aromatic rings. The minimum Gasteiger partial charge on any atom is -0.394 e. The van der Waals surface area contributed by atoms with Crippen LogP contribution in [0.4, 0.5) is 0 Å². The van der Waals surface area contributed by atoms with Gasteiger partial charge in [-0.3, -0.25) is 0 Å². The Morgan fingerprint density at radius 2 is 1.89 bits per heavy atom. The molecule has 0 aliphatic carbocycles. The smallest absolute Gasteiger partial charge is 0.122 e. The largest absolute Gasteiger partial charge is 0.394 e. The first-order valence-electron chi connectivity index (χ1n) is 2.63. The SMILES string of the molecule is O=[13CH]C[C@H](O)[C@H](O)CO. The van der Waals surface area contributed by atoms with Gasteiger partial charge in [0.05, 0.1) is 12.7 Å². The topological polar surface area (TPSA) is 77.8 Å². The standard InChI is InChI=1S/C5H10O4/c6-2-1-4(8)5(9)3-7/h2,4-5,7-9H,1,3H2/t4-,5+/m0/s1/i2+1. The van der Waals surface area contributed by atoms with E-state index >= 15 is 0 Å². The Hall–Kier alpha value is -0.450. The molecule has 0 saturated heterocycles. The van der Waals surface area contributed by atoms with Gasteiger partial charge < -0.3 is 20.1 Å². The van der Waals surface area contributed by atoms with Crippen LogP contribution >= 0.6 is 0 Å². The van der Waals surface area contributed by atoms with E-state index in [2.05, 4.69) is 0 Å². The maximum Gasteiger partial charge on any atom is 0.122 e. The van der Waals surface area contributed by atoms with Crippen LogP contribution in [0.2, 0.25) is 0 Å². The number of rotatable bonds is 4. The van der Waals surface area contributed by atoms with Crippen LogP contribution in [0, 0.1) is 0 Å². The zero-order chi connectivity index (χ0) is 7.28. The Bertz CT molecular complexity index is 83.0. The van der Waals surface area contributed by atoms with Crippen molar-refractivity contribution in [3.8, 4) is 0 Å². The van der Waals surface area contributed by atoms with Crippen molar-refractivity contribution in [2.45, 2.75) is 18.6 Å². The molecule has 0 heterocycles. The molecule has 54 valence electrons. The second-order valence-corrected chi connectivity index (χ2v) is 1.72. The fourth-order valence-electron chi connectivity index (χ4n) is 0.377. The first-order valence-corrected chi connectivity index (χ1v) is 2.63. The van der Waals surface area contributed by atoms with E-state index in [-0.39, 0.29) is 6.42 Å². The zero-order valence-corrected chi connectivity index (χ0v) is 4.90. The van der Waals surface area contributed by atoms with Gasteiger partial charge in [0.15, 0.2) is 0 Å². The molecular formula is C5H10O4. The number of hydrogen-bond donors (Lipinski definition) is 3. The third-order valence-electron chi connectivity index (χ3n) is 0.969. The minimum absolute atomic E-state index is 0.137. The van der Waals surface area contributed by atoms with Gasteiger partial charge >= 0.3 is 0 Å². The quantitative estimate of drug-likeness (QED) is 0.317. The van der Waals surface area contributed by atoms with E-state index in [4.69, 9.17) is 15.3 Å². The van der Waals surface area contributed by atoms with Crippen LogP contribution in [-0.4, -0.2) is 40.4 Å². The van der Waals surface area contributed by atoms with Crippen molar-refractivity contribution < 1.29 is 20.1 Å². The number of carbonyl (C=O) groups excluding carboxylic acids is 1. The van der Waals surface area contributed by atoms with Gasteiger partial charge in [-0.15, -0.1) is 0 Å². The van der Waals surface area contributed by atoms with E-state index in [0.29, 0.717) is 6.29 Å². The molecule has 0 bridgehead atoms. The Kier molecular flexibility index (Phi) is 4.21. The second-order valence-electron chi connectivity index (χ2n) is 1.72. The van der Waals surface area contributed by atoms with Crippen molar-refractivity contribution in [1.29, 1.82) is 0 Å². The van der Waals surface area contributed by atoms with Gasteiger partial charge in [0.1, 0.15) is 12.4 Å². The lowest BCUT2D eigenvalue weighted by Crippen LogP contribution is -2.29. The van der Waals surface area contributed by atoms with Crippen molar-refractivity contribution in [3.05, 3.63) is 0 Å². The maximum atomic E-state index is 9.68. The Morgan fingerprint density at radius 1 is 1.33 bits per heavy atom. The molecule has 0 fully saturated rings. The van der Waals surface area contributed by atoms with Crippen molar-refractivity contribution in [3.63, 3.8) is 0 Å². The van der Waals surface area contributed by atoms with Gasteiger partial charge in [0, 0.05) is 6.42 Å². The van der Waals surface area contributed by atoms with Crippen molar-refractivity contribution in [2.24, 2.45) is 0 Å². The van der Waals surface area contributed by atoms with Gasteiger partial charge in [0.2, 0.25) is 0 Å². The molecule has 0 aromatic heterocycles. The van der Waals surface area contributed by atoms with Crippen molar-refractivity contribution in [1.82, 2.24) is 0 Å². The summed E-state index contributed by atoms with van der Waals surface area (Å²) < 4.78 is 0. The molecule has 4 nitrogen and oxygen atoms in total. The van der Waals surface area contributed by atoms with Crippen molar-refractivity contribution in [2.75, 3.05) is 6.61 Å². The summed E-state index contributed by atoms with van der Waals surface area (Å²) in [6.45, 7) is -0.519. The molecular weight excluding hydrogens is 125 g/mol. The fourth-order valence-corrected chi connectivity index (χ4v) is 0.377. The molecule has 4 heteroatoms. The summed E-state index contributed by atoms with van der Waals surface area (Å²) >= 11 is 0. The number of aliphatic hydroxyl groups is 3. The molecule has 2 atom stereocenters. The molecule has 0 amide bonds. The number of hydrogen-bond acceptors (Lipinski definition) is 4. The van der Waals surface area contributed by atoms with Crippen molar-refractivity contribution >= 4 is 6.29 Å². The third-order valence-corrected chi connectivity index (χ3v) is 0.969. The summed E-state index contributed by atoms with van der Waals surface area (Å²) in [4.78, 5) is 9.68. The third kappa shape index (κ3) is 3.18. The van der Waals surface area contributed by atoms with Gasteiger partial charge in [-0.25, -0.2) is 0 Å². The van der Waals surface area contributed by atoms with Crippen LogP contribution in [0.1, 0.15) is 6.42 Å². The monoisotopic (exact) mass is 135 g/mol. The van der Waals surface area contributed by atoms with Crippen LogP contribution in [-0.2, 0) is 4.79 Å². The maximum absolute atomic E-state index is 9.68. The number of carbonyl (C=O) groups is 1. The van der Waals surface area contributed by atoms with E-state index in [1.165, 1.54) is 0 Å². The second kappa shape index (κ2) is 4.43. The summed E-state index contributed by atoms with van der Waals surface area (Å²) in [5, 5.41) is 25.5. The molecule has 0 aromatic carbocycles. The predicted molar refractivity (Wildman–Crippen MR) is 29.8 cm³/mol. The lowest BCUT2D eigenvalue weighted by atomic mass is 10.2. The Labute approximate surface area is 52.7 Å². The summed E-state index contributed by atoms with van der Waals surface area (Å²) in [5.41, 5.74) is 0. The zero-order valence-electron chi connectivity index (χ0n) is 4.90. The van der Waals surface area contributed by atoms with Crippen LogP contribution in [0.3, 0.4) is 0 Å². The number of aliphatic hydroxyl groups excluding tert-OH is 3. The summed E-state index contributed by atoms with van der Waals surface area (Å²) in [6.07, 6.45) is -1.98. The lowest BCUT2D eigenvalue weighted by Gasteiger charge is -2.11. The molecule has 0 aliphatic heterocycles. The molecule has 3 N–H and O–H groups in total. The molecule has 0 spiro atoms. The summed E-state index contributed by atoms with van der Waals surface area (Å²) in [5.74, 6) is 0. The average molecular weight is 135 g/mol. The first-order chi connectivity index (χ1) is 4.22. The van der Waals surface area contributed by atoms with Gasteiger partial charge in [-0.1, -0.05) is 0 Å². The predicted octanol–water partition coefficient (Wildman–Crippen LogP) is -1.71. The lowest BCUT2D eigenvalue weighted by molar-refractivity contribution is -0.111. The van der Waals surface area contributed by atoms with Crippen LogP contribution in [0.15, 0.2) is 0 Å². The fraction of sp³-hybridized carbons (Fsp3) is 0.800. The molecule has 9 heavy (non-hydrogen) atoms. The van der Waals surface area contributed by atoms with E-state index in [1.54, 1.807) is 0 Å². The highest BCUT2D eigenvalue weighted by Crippen LogP contribution is 1.94. The molecule has 0 saturated carbocycles. The summed E-state index contributed by atoms with van der Waals surface area (Å²) in [7, 11) is 0. The molecule has 0 rings (SSSR count). The van der Waals surface area contributed by atoms with E-state index in [1.807, 2.05) is 0 Å². The van der Waals surface area contributed by atoms with Crippen LogP contribution in [0.5, 0.6) is 0 Å².